The zero-order chi connectivity index (χ0) is 18.0. The Morgan fingerprint density at radius 2 is 1.92 bits per heavy atom. The van der Waals surface area contributed by atoms with Crippen LogP contribution in [0.5, 0.6) is 0 Å². The molecule has 1 amide bonds. The molecule has 0 aliphatic carbocycles. The molecule has 3 aromatic rings. The van der Waals surface area contributed by atoms with Crippen molar-refractivity contribution in [1.29, 1.82) is 0 Å². The van der Waals surface area contributed by atoms with Gasteiger partial charge in [0.1, 0.15) is 15.7 Å². The standard InChI is InChI=1S/C19H18FN3OS/c1-12-17(25-18(22-12)16-6-4-5-11-21-16)19(24)23(3)13(2)14-7-9-15(20)10-8-14/h4-11,13H,1-3H3. The number of halogens is 1. The van der Waals surface area contributed by atoms with Crippen LogP contribution in [-0.4, -0.2) is 27.8 Å². The molecule has 0 aliphatic rings. The predicted octanol–water partition coefficient (Wildman–Crippen LogP) is 4.49. The number of nitrogens with zero attached hydrogens (tertiary/aromatic N) is 3. The number of aromatic nitrogens is 2. The zero-order valence-electron chi connectivity index (χ0n) is 14.2. The van der Waals surface area contributed by atoms with Gasteiger partial charge >= 0.3 is 0 Å². The number of carbonyl (C=O) groups is 1. The maximum Gasteiger partial charge on any atom is 0.266 e. The van der Waals surface area contributed by atoms with E-state index < -0.39 is 0 Å². The third kappa shape index (κ3) is 3.58. The summed E-state index contributed by atoms with van der Waals surface area (Å²) in [5, 5.41) is 0.726. The van der Waals surface area contributed by atoms with Crippen molar-refractivity contribution < 1.29 is 9.18 Å². The summed E-state index contributed by atoms with van der Waals surface area (Å²) in [6.45, 7) is 3.74. The minimum absolute atomic E-state index is 0.103. The molecule has 1 unspecified atom stereocenters. The van der Waals surface area contributed by atoms with Crippen LogP contribution in [0.1, 0.15) is 33.9 Å². The summed E-state index contributed by atoms with van der Waals surface area (Å²) in [6.07, 6.45) is 1.70. The van der Waals surface area contributed by atoms with Crippen molar-refractivity contribution in [3.63, 3.8) is 0 Å². The molecule has 1 atom stereocenters. The first kappa shape index (κ1) is 17.2. The van der Waals surface area contributed by atoms with E-state index in [-0.39, 0.29) is 17.8 Å². The number of hydrogen-bond acceptors (Lipinski definition) is 4. The topological polar surface area (TPSA) is 46.1 Å². The van der Waals surface area contributed by atoms with Gasteiger partial charge in [-0.15, -0.1) is 11.3 Å². The molecule has 2 aromatic heterocycles. The van der Waals surface area contributed by atoms with Crippen molar-refractivity contribution in [2.75, 3.05) is 7.05 Å². The van der Waals surface area contributed by atoms with E-state index in [0.717, 1.165) is 16.3 Å². The van der Waals surface area contributed by atoms with Gasteiger partial charge in [0.05, 0.1) is 17.4 Å². The van der Waals surface area contributed by atoms with E-state index in [1.54, 1.807) is 30.3 Å². The molecule has 2 heterocycles. The molecule has 25 heavy (non-hydrogen) atoms. The van der Waals surface area contributed by atoms with Crippen molar-refractivity contribution >= 4 is 17.2 Å². The molecule has 4 nitrogen and oxygen atoms in total. The SMILES string of the molecule is Cc1nc(-c2ccccn2)sc1C(=O)N(C)C(C)c1ccc(F)cc1. The van der Waals surface area contributed by atoms with Gasteiger partial charge in [-0.3, -0.25) is 9.78 Å². The average molecular weight is 355 g/mol. The second-order valence-corrected chi connectivity index (χ2v) is 6.79. The Kier molecular flexibility index (Phi) is 4.90. The number of amides is 1. The van der Waals surface area contributed by atoms with E-state index >= 15 is 0 Å². The largest absolute Gasteiger partial charge is 0.334 e. The fourth-order valence-electron chi connectivity index (χ4n) is 2.49. The van der Waals surface area contributed by atoms with Crippen LogP contribution in [0.2, 0.25) is 0 Å². The first-order valence-corrected chi connectivity index (χ1v) is 8.70. The van der Waals surface area contributed by atoms with Gasteiger partial charge < -0.3 is 4.90 Å². The number of benzene rings is 1. The van der Waals surface area contributed by atoms with Crippen LogP contribution in [0.4, 0.5) is 4.39 Å². The highest BCUT2D eigenvalue weighted by atomic mass is 32.1. The molecule has 6 heteroatoms. The molecule has 0 fully saturated rings. The summed E-state index contributed by atoms with van der Waals surface area (Å²) in [5.41, 5.74) is 2.32. The third-order valence-electron chi connectivity index (χ3n) is 4.13. The summed E-state index contributed by atoms with van der Waals surface area (Å²) in [6, 6.07) is 11.6. The van der Waals surface area contributed by atoms with Gasteiger partial charge in [0.15, 0.2) is 0 Å². The normalized spacial score (nSPS) is 12.0. The monoisotopic (exact) mass is 355 g/mol. The Bertz CT molecular complexity index is 877. The van der Waals surface area contributed by atoms with Crippen LogP contribution in [0.25, 0.3) is 10.7 Å². The molecule has 0 spiro atoms. The molecule has 0 saturated heterocycles. The number of hydrogen-bond donors (Lipinski definition) is 0. The molecule has 3 rings (SSSR count). The van der Waals surface area contributed by atoms with Crippen LogP contribution in [0.15, 0.2) is 48.7 Å². The lowest BCUT2D eigenvalue weighted by molar-refractivity contribution is 0.0746. The van der Waals surface area contributed by atoms with Crippen molar-refractivity contribution in [1.82, 2.24) is 14.9 Å². The third-order valence-corrected chi connectivity index (χ3v) is 5.30. The Morgan fingerprint density at radius 3 is 2.56 bits per heavy atom. The van der Waals surface area contributed by atoms with Crippen LogP contribution < -0.4 is 0 Å². The van der Waals surface area contributed by atoms with Crippen molar-refractivity contribution in [2.24, 2.45) is 0 Å². The maximum atomic E-state index is 13.1. The lowest BCUT2D eigenvalue weighted by atomic mass is 10.1. The molecule has 0 N–H and O–H groups in total. The van der Waals surface area contributed by atoms with Crippen LogP contribution in [-0.2, 0) is 0 Å². The Balaban J connectivity index is 1.85. The second-order valence-electron chi connectivity index (χ2n) is 5.79. The quantitative estimate of drug-likeness (QED) is 0.693. The number of thiazole rings is 1. The van der Waals surface area contributed by atoms with Crippen LogP contribution in [0.3, 0.4) is 0 Å². The zero-order valence-corrected chi connectivity index (χ0v) is 15.0. The first-order chi connectivity index (χ1) is 12.0. The average Bonchev–Trinajstić information content (AvgIpc) is 3.03. The fraction of sp³-hybridized carbons (Fsp3) is 0.211. The smallest absolute Gasteiger partial charge is 0.266 e. The second kappa shape index (κ2) is 7.11. The summed E-state index contributed by atoms with van der Waals surface area (Å²) in [7, 11) is 1.75. The number of aryl methyl sites for hydroxylation is 1. The number of pyridine rings is 1. The van der Waals surface area contributed by atoms with E-state index in [2.05, 4.69) is 9.97 Å². The van der Waals surface area contributed by atoms with Gasteiger partial charge in [0.25, 0.3) is 5.91 Å². The molecule has 0 bridgehead atoms. The predicted molar refractivity (Wildman–Crippen MR) is 97.0 cm³/mol. The molecule has 1 aromatic carbocycles. The Hall–Kier alpha value is -2.60. The highest BCUT2D eigenvalue weighted by Gasteiger charge is 2.24. The summed E-state index contributed by atoms with van der Waals surface area (Å²) in [5.74, 6) is -0.391. The van der Waals surface area contributed by atoms with Crippen LogP contribution >= 0.6 is 11.3 Å². The van der Waals surface area contributed by atoms with Gasteiger partial charge in [-0.2, -0.15) is 0 Å². The van der Waals surface area contributed by atoms with Crippen molar-refractivity contribution in [3.8, 4) is 10.7 Å². The first-order valence-electron chi connectivity index (χ1n) is 7.89. The van der Waals surface area contributed by atoms with E-state index in [1.165, 1.54) is 23.5 Å². The number of rotatable bonds is 4. The Morgan fingerprint density at radius 1 is 1.20 bits per heavy atom. The lowest BCUT2D eigenvalue weighted by Crippen LogP contribution is -2.29. The molecular weight excluding hydrogens is 337 g/mol. The van der Waals surface area contributed by atoms with Crippen molar-refractivity contribution in [2.45, 2.75) is 19.9 Å². The van der Waals surface area contributed by atoms with E-state index in [4.69, 9.17) is 0 Å². The van der Waals surface area contributed by atoms with Crippen molar-refractivity contribution in [3.05, 3.63) is 70.6 Å². The minimum Gasteiger partial charge on any atom is -0.334 e. The molecular formula is C19H18FN3OS. The van der Waals surface area contributed by atoms with E-state index in [9.17, 15) is 9.18 Å². The van der Waals surface area contributed by atoms with E-state index in [0.29, 0.717) is 10.6 Å². The van der Waals surface area contributed by atoms with Gasteiger partial charge in [-0.05, 0) is 43.7 Å². The molecule has 0 radical (unpaired) electrons. The van der Waals surface area contributed by atoms with Gasteiger partial charge in [-0.1, -0.05) is 18.2 Å². The minimum atomic E-state index is -0.289. The molecule has 0 aliphatic heterocycles. The number of carbonyl (C=O) groups excluding carboxylic acids is 1. The highest BCUT2D eigenvalue weighted by Crippen LogP contribution is 2.29. The van der Waals surface area contributed by atoms with Gasteiger partial charge in [-0.25, -0.2) is 9.37 Å². The summed E-state index contributed by atoms with van der Waals surface area (Å²) >= 11 is 1.34. The molecule has 128 valence electrons. The van der Waals surface area contributed by atoms with Crippen LogP contribution in [0, 0.1) is 12.7 Å². The fourth-order valence-corrected chi connectivity index (χ4v) is 3.52. The summed E-state index contributed by atoms with van der Waals surface area (Å²) in [4.78, 5) is 23.9. The molecule has 0 saturated carbocycles. The maximum absolute atomic E-state index is 13.1. The van der Waals surface area contributed by atoms with E-state index in [1.807, 2.05) is 32.0 Å². The van der Waals surface area contributed by atoms with Gasteiger partial charge in [0.2, 0.25) is 0 Å². The highest BCUT2D eigenvalue weighted by molar-refractivity contribution is 7.17. The lowest BCUT2D eigenvalue weighted by Gasteiger charge is -2.25. The Labute approximate surface area is 150 Å². The summed E-state index contributed by atoms with van der Waals surface area (Å²) < 4.78 is 13.1. The van der Waals surface area contributed by atoms with Gasteiger partial charge in [0, 0.05) is 13.2 Å².